The van der Waals surface area contributed by atoms with Gasteiger partial charge >= 0.3 is 0 Å². The van der Waals surface area contributed by atoms with Crippen LogP contribution >= 0.6 is 11.8 Å². The van der Waals surface area contributed by atoms with E-state index in [0.717, 1.165) is 24.3 Å². The van der Waals surface area contributed by atoms with Crippen LogP contribution in [0.5, 0.6) is 0 Å². The summed E-state index contributed by atoms with van der Waals surface area (Å²) in [6.45, 7) is 0. The van der Waals surface area contributed by atoms with Gasteiger partial charge in [0.25, 0.3) is 11.8 Å². The van der Waals surface area contributed by atoms with Gasteiger partial charge in [0.1, 0.15) is 0 Å². The van der Waals surface area contributed by atoms with Crippen LogP contribution in [-0.4, -0.2) is 36.4 Å². The van der Waals surface area contributed by atoms with Crippen molar-refractivity contribution in [2.24, 2.45) is 0 Å². The van der Waals surface area contributed by atoms with Crippen molar-refractivity contribution in [1.82, 2.24) is 5.32 Å². The molecule has 1 aromatic carbocycles. The molecule has 0 radical (unpaired) electrons. The van der Waals surface area contributed by atoms with Crippen LogP contribution in [0, 0.1) is 0 Å². The maximum Gasteiger partial charge on any atom is 0.293 e. The van der Waals surface area contributed by atoms with Gasteiger partial charge in [0.05, 0.1) is 17.5 Å². The number of nitrogens with one attached hydrogen (secondary N) is 1. The molecule has 1 aliphatic rings. The van der Waals surface area contributed by atoms with Crippen LogP contribution in [0.3, 0.4) is 0 Å². The van der Waals surface area contributed by atoms with Gasteiger partial charge in [-0.1, -0.05) is 12.1 Å². The molecule has 1 saturated heterocycles. The summed E-state index contributed by atoms with van der Waals surface area (Å²) < 4.78 is 5.17. The van der Waals surface area contributed by atoms with Gasteiger partial charge in [-0.25, -0.2) is 0 Å². The minimum absolute atomic E-state index is 0.137. The third-order valence-corrected chi connectivity index (χ3v) is 5.15. The molecule has 6 heteroatoms. The Labute approximate surface area is 145 Å². The minimum atomic E-state index is -0.283. The Balaban J connectivity index is 1.79. The molecule has 0 saturated carbocycles. The zero-order valence-electron chi connectivity index (χ0n) is 13.5. The van der Waals surface area contributed by atoms with Crippen molar-refractivity contribution >= 4 is 29.3 Å². The minimum Gasteiger partial charge on any atom is -0.459 e. The summed E-state index contributed by atoms with van der Waals surface area (Å²) in [6, 6.07) is 10.6. The Hall–Kier alpha value is -2.21. The third kappa shape index (κ3) is 3.64. The largest absolute Gasteiger partial charge is 0.459 e. The number of rotatable bonds is 4. The molecule has 2 heterocycles. The first-order chi connectivity index (χ1) is 11.7. The number of hydrogen-bond donors (Lipinski definition) is 1. The van der Waals surface area contributed by atoms with E-state index in [1.165, 1.54) is 11.2 Å². The number of amides is 2. The number of benzene rings is 1. The summed E-state index contributed by atoms with van der Waals surface area (Å²) in [6.07, 6.45) is 3.43. The molecular weight excluding hydrogens is 324 g/mol. The Kier molecular flexibility index (Phi) is 5.25. The molecule has 3 rings (SSSR count). The predicted octanol–water partition coefficient (Wildman–Crippen LogP) is 3.18. The fourth-order valence-electron chi connectivity index (χ4n) is 2.74. The molecule has 1 aliphatic heterocycles. The van der Waals surface area contributed by atoms with Crippen LogP contribution in [0.2, 0.25) is 0 Å². The lowest BCUT2D eigenvalue weighted by Gasteiger charge is -2.24. The summed E-state index contributed by atoms with van der Waals surface area (Å²) in [4.78, 5) is 26.6. The second-order valence-corrected chi connectivity index (χ2v) is 6.94. The summed E-state index contributed by atoms with van der Waals surface area (Å²) >= 11 is 1.92. The number of para-hydroxylation sites is 1. The second kappa shape index (κ2) is 7.57. The standard InChI is InChI=1S/C18H20N2O3S/c1-20(18(22)16-7-4-10-23-16)15-6-3-2-5-14(15)17(21)19-13-8-11-24-12-9-13/h2-7,10,13H,8-9,11-12H2,1H3,(H,19,21). The van der Waals surface area contributed by atoms with Gasteiger partial charge in [-0.15, -0.1) is 0 Å². The van der Waals surface area contributed by atoms with Gasteiger partial charge in [-0.2, -0.15) is 11.8 Å². The van der Waals surface area contributed by atoms with Gasteiger partial charge in [-0.3, -0.25) is 9.59 Å². The lowest BCUT2D eigenvalue weighted by Crippen LogP contribution is -2.38. The van der Waals surface area contributed by atoms with Gasteiger partial charge in [0, 0.05) is 13.1 Å². The number of nitrogens with zero attached hydrogens (tertiary/aromatic N) is 1. The SMILES string of the molecule is CN(C(=O)c1ccco1)c1ccccc1C(=O)NC1CCSCC1. The van der Waals surface area contributed by atoms with Crippen molar-refractivity contribution in [3.63, 3.8) is 0 Å². The fourth-order valence-corrected chi connectivity index (χ4v) is 3.84. The highest BCUT2D eigenvalue weighted by Gasteiger charge is 2.23. The fraction of sp³-hybridized carbons (Fsp3) is 0.333. The second-order valence-electron chi connectivity index (χ2n) is 5.72. The van der Waals surface area contributed by atoms with Crippen LogP contribution in [0.4, 0.5) is 5.69 Å². The molecule has 126 valence electrons. The van der Waals surface area contributed by atoms with Gasteiger partial charge < -0.3 is 14.6 Å². The Morgan fingerprint density at radius 2 is 1.92 bits per heavy atom. The van der Waals surface area contributed by atoms with Crippen molar-refractivity contribution in [3.05, 3.63) is 54.0 Å². The van der Waals surface area contributed by atoms with E-state index in [-0.39, 0.29) is 23.6 Å². The van der Waals surface area contributed by atoms with E-state index in [2.05, 4.69) is 5.32 Å². The number of carbonyl (C=O) groups excluding carboxylic acids is 2. The van der Waals surface area contributed by atoms with Crippen LogP contribution in [0.1, 0.15) is 33.8 Å². The quantitative estimate of drug-likeness (QED) is 0.925. The van der Waals surface area contributed by atoms with Crippen LogP contribution in [0.15, 0.2) is 47.1 Å². The Morgan fingerprint density at radius 1 is 1.17 bits per heavy atom. The van der Waals surface area contributed by atoms with E-state index < -0.39 is 0 Å². The summed E-state index contributed by atoms with van der Waals surface area (Å²) in [5.74, 6) is 1.97. The summed E-state index contributed by atoms with van der Waals surface area (Å²) in [7, 11) is 1.65. The molecule has 1 N–H and O–H groups in total. The van der Waals surface area contributed by atoms with Crippen molar-refractivity contribution in [3.8, 4) is 0 Å². The van der Waals surface area contributed by atoms with Crippen molar-refractivity contribution in [1.29, 1.82) is 0 Å². The highest BCUT2D eigenvalue weighted by molar-refractivity contribution is 7.99. The lowest BCUT2D eigenvalue weighted by atomic mass is 10.1. The molecule has 1 aromatic heterocycles. The zero-order valence-corrected chi connectivity index (χ0v) is 14.3. The first kappa shape index (κ1) is 16.6. The number of hydrogen-bond acceptors (Lipinski definition) is 4. The summed E-state index contributed by atoms with van der Waals surface area (Å²) in [5.41, 5.74) is 1.07. The molecule has 0 atom stereocenters. The first-order valence-corrected chi connectivity index (χ1v) is 9.11. The molecule has 5 nitrogen and oxygen atoms in total. The van der Waals surface area contributed by atoms with Crippen LogP contribution < -0.4 is 10.2 Å². The highest BCUT2D eigenvalue weighted by atomic mass is 32.2. The monoisotopic (exact) mass is 344 g/mol. The van der Waals surface area contributed by atoms with Gasteiger partial charge in [-0.05, 0) is 48.6 Å². The van der Waals surface area contributed by atoms with Crippen molar-refractivity contribution in [2.75, 3.05) is 23.5 Å². The van der Waals surface area contributed by atoms with E-state index >= 15 is 0 Å². The molecule has 0 bridgehead atoms. The Bertz CT molecular complexity index is 709. The first-order valence-electron chi connectivity index (χ1n) is 7.96. The average Bonchev–Trinajstić information content (AvgIpc) is 3.16. The average molecular weight is 344 g/mol. The number of thioether (sulfide) groups is 1. The smallest absolute Gasteiger partial charge is 0.293 e. The summed E-state index contributed by atoms with van der Waals surface area (Å²) in [5, 5.41) is 3.09. The maximum absolute atomic E-state index is 12.7. The van der Waals surface area contributed by atoms with Crippen LogP contribution in [-0.2, 0) is 0 Å². The van der Waals surface area contributed by atoms with E-state index in [1.54, 1.807) is 37.4 Å². The Morgan fingerprint density at radius 3 is 2.62 bits per heavy atom. The zero-order chi connectivity index (χ0) is 16.9. The van der Waals surface area contributed by atoms with E-state index in [1.807, 2.05) is 17.8 Å². The molecule has 2 aromatic rings. The highest BCUT2D eigenvalue weighted by Crippen LogP contribution is 2.23. The molecule has 1 fully saturated rings. The van der Waals surface area contributed by atoms with E-state index in [9.17, 15) is 9.59 Å². The number of furan rings is 1. The molecule has 2 amide bonds. The lowest BCUT2D eigenvalue weighted by molar-refractivity contribution is 0.0935. The van der Waals surface area contributed by atoms with Crippen molar-refractivity contribution in [2.45, 2.75) is 18.9 Å². The normalized spacial score (nSPS) is 15.0. The van der Waals surface area contributed by atoms with Crippen LogP contribution in [0.25, 0.3) is 0 Å². The molecule has 0 unspecified atom stereocenters. The number of anilines is 1. The van der Waals surface area contributed by atoms with Gasteiger partial charge in [0.2, 0.25) is 0 Å². The van der Waals surface area contributed by atoms with E-state index in [0.29, 0.717) is 11.3 Å². The molecular formula is C18H20N2O3S. The molecule has 0 aliphatic carbocycles. The maximum atomic E-state index is 12.7. The number of carbonyl (C=O) groups is 2. The topological polar surface area (TPSA) is 62.6 Å². The molecule has 0 spiro atoms. The van der Waals surface area contributed by atoms with Crippen molar-refractivity contribution < 1.29 is 14.0 Å². The predicted molar refractivity (Wildman–Crippen MR) is 95.7 cm³/mol. The van der Waals surface area contributed by atoms with Gasteiger partial charge in [0.15, 0.2) is 5.76 Å². The molecule has 24 heavy (non-hydrogen) atoms. The third-order valence-electron chi connectivity index (χ3n) is 4.10. The van der Waals surface area contributed by atoms with E-state index in [4.69, 9.17) is 4.42 Å².